The van der Waals surface area contributed by atoms with E-state index in [9.17, 15) is 29.4 Å². The van der Waals surface area contributed by atoms with E-state index < -0.39 is 48.2 Å². The van der Waals surface area contributed by atoms with Gasteiger partial charge in [0.15, 0.2) is 12.2 Å². The van der Waals surface area contributed by atoms with E-state index in [0.717, 1.165) is 0 Å². The standard InChI is InChI=1S/C12H20N2O8/c1-3-5(13)9(17)21-11(19)7(15)8(16)12(20)22-10(18)6(14)4-2/h5-8,15-16H,3-4,13-14H2,1-2H3/t5-,6-,7?,8?/m0/s1. The third-order valence-electron chi connectivity index (χ3n) is 2.67. The minimum Gasteiger partial charge on any atom is -0.390 e. The molecule has 10 nitrogen and oxygen atoms in total. The van der Waals surface area contributed by atoms with E-state index in [1.54, 1.807) is 13.8 Å². The van der Waals surface area contributed by atoms with Crippen LogP contribution in [0.25, 0.3) is 0 Å². The average molecular weight is 320 g/mol. The molecule has 0 aromatic heterocycles. The summed E-state index contributed by atoms with van der Waals surface area (Å²) in [6.45, 7) is 3.11. The molecule has 0 amide bonds. The van der Waals surface area contributed by atoms with Crippen molar-refractivity contribution in [1.29, 1.82) is 0 Å². The van der Waals surface area contributed by atoms with Crippen molar-refractivity contribution in [3.63, 3.8) is 0 Å². The summed E-state index contributed by atoms with van der Waals surface area (Å²) < 4.78 is 8.36. The van der Waals surface area contributed by atoms with Crippen LogP contribution < -0.4 is 11.5 Å². The van der Waals surface area contributed by atoms with Crippen molar-refractivity contribution in [2.75, 3.05) is 0 Å². The number of esters is 4. The van der Waals surface area contributed by atoms with Gasteiger partial charge in [-0.15, -0.1) is 0 Å². The largest absolute Gasteiger partial charge is 0.390 e. The van der Waals surface area contributed by atoms with Crippen LogP contribution in [0.4, 0.5) is 0 Å². The summed E-state index contributed by atoms with van der Waals surface area (Å²) in [5.74, 6) is -5.44. The topological polar surface area (TPSA) is 179 Å². The summed E-state index contributed by atoms with van der Waals surface area (Å²) >= 11 is 0. The van der Waals surface area contributed by atoms with Crippen LogP contribution in [0, 0.1) is 0 Å². The number of carbonyl (C=O) groups is 4. The number of hydrogen-bond acceptors (Lipinski definition) is 10. The van der Waals surface area contributed by atoms with E-state index in [-0.39, 0.29) is 12.8 Å². The van der Waals surface area contributed by atoms with Crippen molar-refractivity contribution in [3.8, 4) is 0 Å². The molecule has 0 rings (SSSR count). The fourth-order valence-electron chi connectivity index (χ4n) is 1.06. The third-order valence-corrected chi connectivity index (χ3v) is 2.67. The fraction of sp³-hybridized carbons (Fsp3) is 0.667. The van der Waals surface area contributed by atoms with Gasteiger partial charge in [0.2, 0.25) is 0 Å². The summed E-state index contributed by atoms with van der Waals surface area (Å²) in [7, 11) is 0. The van der Waals surface area contributed by atoms with E-state index in [1.807, 2.05) is 0 Å². The first-order chi connectivity index (χ1) is 10.1. The van der Waals surface area contributed by atoms with E-state index in [1.165, 1.54) is 0 Å². The van der Waals surface area contributed by atoms with Crippen LogP contribution in [0.15, 0.2) is 0 Å². The molecule has 0 aromatic carbocycles. The summed E-state index contributed by atoms with van der Waals surface area (Å²) in [6, 6.07) is -2.19. The second kappa shape index (κ2) is 9.20. The first-order valence-corrected chi connectivity index (χ1v) is 6.53. The lowest BCUT2D eigenvalue weighted by molar-refractivity contribution is -0.181. The van der Waals surface area contributed by atoms with Crippen LogP contribution in [-0.4, -0.2) is 58.4 Å². The predicted octanol–water partition coefficient (Wildman–Crippen LogP) is -2.68. The maximum absolute atomic E-state index is 11.4. The molecule has 0 aliphatic rings. The lowest BCUT2D eigenvalue weighted by atomic mass is 10.2. The van der Waals surface area contributed by atoms with Crippen molar-refractivity contribution in [1.82, 2.24) is 0 Å². The monoisotopic (exact) mass is 320 g/mol. The Morgan fingerprint density at radius 1 is 0.773 bits per heavy atom. The van der Waals surface area contributed by atoms with Gasteiger partial charge in [-0.3, -0.25) is 0 Å². The molecule has 126 valence electrons. The van der Waals surface area contributed by atoms with E-state index in [4.69, 9.17) is 11.5 Å². The number of nitrogens with two attached hydrogens (primary N) is 2. The highest BCUT2D eigenvalue weighted by atomic mass is 16.6. The van der Waals surface area contributed by atoms with Crippen LogP contribution in [0.3, 0.4) is 0 Å². The molecular formula is C12H20N2O8. The molecule has 0 saturated carbocycles. The Bertz CT molecular complexity index is 399. The average Bonchev–Trinajstić information content (AvgIpc) is 2.50. The molecular weight excluding hydrogens is 300 g/mol. The maximum atomic E-state index is 11.4. The molecule has 0 saturated heterocycles. The highest BCUT2D eigenvalue weighted by molar-refractivity contribution is 5.96. The van der Waals surface area contributed by atoms with Gasteiger partial charge in [-0.2, -0.15) is 0 Å². The molecule has 0 spiro atoms. The molecule has 0 fully saturated rings. The van der Waals surface area contributed by atoms with Crippen LogP contribution in [0.1, 0.15) is 26.7 Å². The lowest BCUT2D eigenvalue weighted by Crippen LogP contribution is -2.45. The first kappa shape index (κ1) is 20.1. The molecule has 4 atom stereocenters. The molecule has 22 heavy (non-hydrogen) atoms. The van der Waals surface area contributed by atoms with Crippen molar-refractivity contribution >= 4 is 23.9 Å². The normalized spacial score (nSPS) is 16.1. The minimum atomic E-state index is -2.41. The van der Waals surface area contributed by atoms with Gasteiger partial charge in [-0.05, 0) is 12.8 Å². The fourth-order valence-corrected chi connectivity index (χ4v) is 1.06. The summed E-state index contributed by atoms with van der Waals surface area (Å²) in [5, 5.41) is 18.8. The number of hydrogen-bond donors (Lipinski definition) is 4. The molecule has 0 bridgehead atoms. The van der Waals surface area contributed by atoms with E-state index >= 15 is 0 Å². The van der Waals surface area contributed by atoms with Gasteiger partial charge in [0, 0.05) is 0 Å². The van der Waals surface area contributed by atoms with E-state index in [0.29, 0.717) is 0 Å². The van der Waals surface area contributed by atoms with Crippen molar-refractivity contribution in [2.45, 2.75) is 51.0 Å². The van der Waals surface area contributed by atoms with Gasteiger partial charge in [-0.25, -0.2) is 19.2 Å². The van der Waals surface area contributed by atoms with Crippen molar-refractivity contribution in [3.05, 3.63) is 0 Å². The zero-order valence-corrected chi connectivity index (χ0v) is 12.2. The zero-order chi connectivity index (χ0) is 17.4. The summed E-state index contributed by atoms with van der Waals surface area (Å²) in [4.78, 5) is 45.2. The first-order valence-electron chi connectivity index (χ1n) is 6.53. The van der Waals surface area contributed by atoms with Crippen LogP contribution in [0.2, 0.25) is 0 Å². The third kappa shape index (κ3) is 5.85. The highest BCUT2D eigenvalue weighted by Gasteiger charge is 2.36. The minimum absolute atomic E-state index is 0.177. The summed E-state index contributed by atoms with van der Waals surface area (Å²) in [6.07, 6.45) is -4.47. The molecule has 0 radical (unpaired) electrons. The lowest BCUT2D eigenvalue weighted by Gasteiger charge is -2.16. The molecule has 2 unspecified atom stereocenters. The number of rotatable bonds is 7. The molecule has 0 aromatic rings. The van der Waals surface area contributed by atoms with Gasteiger partial charge >= 0.3 is 23.9 Å². The predicted molar refractivity (Wildman–Crippen MR) is 70.7 cm³/mol. The second-order valence-electron chi connectivity index (χ2n) is 4.40. The number of ether oxygens (including phenoxy) is 2. The quantitative estimate of drug-likeness (QED) is 0.285. The van der Waals surface area contributed by atoms with Crippen molar-refractivity contribution < 1.29 is 38.9 Å². The molecule has 0 aliphatic carbocycles. The Hall–Kier alpha value is -1.88. The zero-order valence-electron chi connectivity index (χ0n) is 12.2. The summed E-state index contributed by atoms with van der Waals surface area (Å²) in [5.41, 5.74) is 10.6. The van der Waals surface area contributed by atoms with Crippen LogP contribution in [0.5, 0.6) is 0 Å². The second-order valence-corrected chi connectivity index (χ2v) is 4.40. The smallest absolute Gasteiger partial charge is 0.346 e. The molecule has 0 aliphatic heterocycles. The van der Waals surface area contributed by atoms with Gasteiger partial charge in [0.05, 0.1) is 0 Å². The van der Waals surface area contributed by atoms with Crippen molar-refractivity contribution in [2.24, 2.45) is 11.5 Å². The molecule has 0 heterocycles. The Labute approximate surface area is 126 Å². The van der Waals surface area contributed by atoms with Crippen LogP contribution in [-0.2, 0) is 28.7 Å². The Balaban J connectivity index is 4.61. The highest BCUT2D eigenvalue weighted by Crippen LogP contribution is 2.03. The molecule has 6 N–H and O–H groups in total. The Morgan fingerprint density at radius 3 is 1.27 bits per heavy atom. The number of aliphatic hydroxyl groups is 2. The Kier molecular flexibility index (Phi) is 8.42. The SMILES string of the molecule is CC[C@H](N)C(=O)OC(=O)C(O)C(O)C(=O)OC(=O)[C@@H](N)CC. The Morgan fingerprint density at radius 2 is 1.05 bits per heavy atom. The molecule has 10 heteroatoms. The number of aliphatic hydroxyl groups excluding tert-OH is 2. The number of carbonyl (C=O) groups excluding carboxylic acids is 4. The van der Waals surface area contributed by atoms with Crippen LogP contribution >= 0.6 is 0 Å². The van der Waals surface area contributed by atoms with Gasteiger partial charge in [0.1, 0.15) is 12.1 Å². The van der Waals surface area contributed by atoms with E-state index in [2.05, 4.69) is 9.47 Å². The maximum Gasteiger partial charge on any atom is 0.346 e. The van der Waals surface area contributed by atoms with Gasteiger partial charge < -0.3 is 31.2 Å². The van der Waals surface area contributed by atoms with Gasteiger partial charge in [-0.1, -0.05) is 13.8 Å². The van der Waals surface area contributed by atoms with Gasteiger partial charge in [0.25, 0.3) is 0 Å².